The first-order valence-corrected chi connectivity index (χ1v) is 6.70. The van der Waals surface area contributed by atoms with Gasteiger partial charge >= 0.3 is 0 Å². The molecule has 0 amide bonds. The molecule has 104 valence electrons. The molecule has 0 bridgehead atoms. The normalized spacial score (nSPS) is 17.2. The lowest BCUT2D eigenvalue weighted by atomic mass is 10.0. The molecule has 2 aromatic heterocycles. The molecular formula is C13H21N5O. The lowest BCUT2D eigenvalue weighted by molar-refractivity contribution is 0.167. The molecule has 1 fully saturated rings. The average Bonchev–Trinajstić information content (AvgIpc) is 2.98. The summed E-state index contributed by atoms with van der Waals surface area (Å²) in [6.45, 7) is 3.69. The van der Waals surface area contributed by atoms with E-state index in [1.165, 1.54) is 12.8 Å². The second-order valence-electron chi connectivity index (χ2n) is 5.68. The molecule has 1 aliphatic carbocycles. The maximum atomic E-state index is 6.08. The first kappa shape index (κ1) is 12.5. The van der Waals surface area contributed by atoms with Crippen LogP contribution in [-0.2, 0) is 18.3 Å². The van der Waals surface area contributed by atoms with Crippen LogP contribution in [0.1, 0.15) is 25.0 Å². The van der Waals surface area contributed by atoms with E-state index in [1.807, 2.05) is 18.7 Å². The van der Waals surface area contributed by atoms with E-state index < -0.39 is 0 Å². The molecule has 0 aromatic carbocycles. The number of rotatable bonds is 5. The third-order valence-electron chi connectivity index (χ3n) is 4.21. The van der Waals surface area contributed by atoms with Crippen LogP contribution in [0.15, 0.2) is 0 Å². The van der Waals surface area contributed by atoms with Gasteiger partial charge in [-0.25, -0.2) is 4.98 Å². The highest BCUT2D eigenvalue weighted by molar-refractivity contribution is 5.77. The Balaban J connectivity index is 1.94. The van der Waals surface area contributed by atoms with Crippen molar-refractivity contribution in [2.45, 2.75) is 32.7 Å². The van der Waals surface area contributed by atoms with E-state index in [-0.39, 0.29) is 0 Å². The molecule has 1 saturated carbocycles. The zero-order chi connectivity index (χ0) is 13.6. The highest BCUT2D eigenvalue weighted by Gasteiger charge is 2.43. The summed E-state index contributed by atoms with van der Waals surface area (Å²) < 4.78 is 9.19. The van der Waals surface area contributed by atoms with Crippen molar-refractivity contribution in [1.82, 2.24) is 19.3 Å². The van der Waals surface area contributed by atoms with Gasteiger partial charge in [-0.3, -0.25) is 9.25 Å². The van der Waals surface area contributed by atoms with Gasteiger partial charge in [0, 0.05) is 27.3 Å². The van der Waals surface area contributed by atoms with Crippen LogP contribution in [0.5, 0.6) is 0 Å². The fourth-order valence-corrected chi connectivity index (χ4v) is 2.83. The quantitative estimate of drug-likeness (QED) is 0.887. The lowest BCUT2D eigenvalue weighted by Gasteiger charge is -2.16. The summed E-state index contributed by atoms with van der Waals surface area (Å²) in [6, 6.07) is 0. The van der Waals surface area contributed by atoms with Crippen LogP contribution in [0.2, 0.25) is 0 Å². The zero-order valence-corrected chi connectivity index (χ0v) is 11.8. The van der Waals surface area contributed by atoms with Crippen molar-refractivity contribution < 1.29 is 4.74 Å². The Bertz CT molecular complexity index is 608. The summed E-state index contributed by atoms with van der Waals surface area (Å²) in [5.41, 5.74) is 9.30. The SMILES string of the molecule is COCCC1(Cn2c(N)nc3c(C)nn(C)c32)CC1. The van der Waals surface area contributed by atoms with E-state index in [1.54, 1.807) is 7.11 Å². The first-order chi connectivity index (χ1) is 9.06. The summed E-state index contributed by atoms with van der Waals surface area (Å²) in [4.78, 5) is 4.45. The molecule has 19 heavy (non-hydrogen) atoms. The second-order valence-corrected chi connectivity index (χ2v) is 5.68. The number of nitrogens with two attached hydrogens (primary N) is 1. The van der Waals surface area contributed by atoms with Crippen molar-refractivity contribution in [3.8, 4) is 0 Å². The highest BCUT2D eigenvalue weighted by Crippen LogP contribution is 2.50. The third kappa shape index (κ3) is 2.00. The van der Waals surface area contributed by atoms with E-state index >= 15 is 0 Å². The number of ether oxygens (including phenoxy) is 1. The van der Waals surface area contributed by atoms with E-state index in [9.17, 15) is 0 Å². The van der Waals surface area contributed by atoms with Gasteiger partial charge in [0.05, 0.1) is 5.69 Å². The van der Waals surface area contributed by atoms with Gasteiger partial charge in [0.25, 0.3) is 0 Å². The van der Waals surface area contributed by atoms with E-state index in [4.69, 9.17) is 10.5 Å². The number of aromatic nitrogens is 4. The second kappa shape index (κ2) is 4.23. The van der Waals surface area contributed by atoms with Gasteiger partial charge in [-0.1, -0.05) is 0 Å². The van der Waals surface area contributed by atoms with Crippen molar-refractivity contribution in [2.24, 2.45) is 12.5 Å². The Hall–Kier alpha value is -1.56. The molecule has 0 aliphatic heterocycles. The number of nitrogen functional groups attached to an aromatic ring is 1. The monoisotopic (exact) mass is 263 g/mol. The molecule has 2 aromatic rings. The van der Waals surface area contributed by atoms with Gasteiger partial charge in [0.15, 0.2) is 5.65 Å². The first-order valence-electron chi connectivity index (χ1n) is 6.70. The minimum atomic E-state index is 0.343. The maximum Gasteiger partial charge on any atom is 0.202 e. The van der Waals surface area contributed by atoms with E-state index in [0.29, 0.717) is 11.4 Å². The Labute approximate surface area is 112 Å². The lowest BCUT2D eigenvalue weighted by Crippen LogP contribution is -2.17. The van der Waals surface area contributed by atoms with Gasteiger partial charge in [0.2, 0.25) is 5.95 Å². The number of imidazole rings is 1. The summed E-state index contributed by atoms with van der Waals surface area (Å²) >= 11 is 0. The minimum absolute atomic E-state index is 0.343. The average molecular weight is 263 g/mol. The number of anilines is 1. The van der Waals surface area contributed by atoms with E-state index in [0.717, 1.165) is 36.4 Å². The summed E-state index contributed by atoms with van der Waals surface area (Å²) in [5.74, 6) is 0.592. The largest absolute Gasteiger partial charge is 0.385 e. The Kier molecular flexibility index (Phi) is 2.78. The van der Waals surface area contributed by atoms with Crippen LogP contribution in [0, 0.1) is 12.3 Å². The number of aryl methyl sites for hydroxylation is 2. The van der Waals surface area contributed by atoms with Crippen LogP contribution in [0.3, 0.4) is 0 Å². The zero-order valence-electron chi connectivity index (χ0n) is 11.8. The summed E-state index contributed by atoms with van der Waals surface area (Å²) in [7, 11) is 3.70. The van der Waals surface area contributed by atoms with Gasteiger partial charge in [-0.15, -0.1) is 0 Å². The Morgan fingerprint density at radius 2 is 2.16 bits per heavy atom. The number of nitrogens with zero attached hydrogens (tertiary/aromatic N) is 4. The minimum Gasteiger partial charge on any atom is -0.385 e. The topological polar surface area (TPSA) is 70.9 Å². The molecule has 6 nitrogen and oxygen atoms in total. The van der Waals surface area contributed by atoms with Crippen LogP contribution < -0.4 is 5.73 Å². The molecule has 0 saturated heterocycles. The van der Waals surface area contributed by atoms with Gasteiger partial charge in [-0.2, -0.15) is 5.10 Å². The molecule has 6 heteroatoms. The molecule has 2 N–H and O–H groups in total. The third-order valence-corrected chi connectivity index (χ3v) is 4.21. The molecular weight excluding hydrogens is 242 g/mol. The fraction of sp³-hybridized carbons (Fsp3) is 0.692. The van der Waals surface area contributed by atoms with Crippen molar-refractivity contribution in [2.75, 3.05) is 19.5 Å². The molecule has 0 atom stereocenters. The van der Waals surface area contributed by atoms with Crippen molar-refractivity contribution in [1.29, 1.82) is 0 Å². The molecule has 0 radical (unpaired) electrons. The van der Waals surface area contributed by atoms with Crippen LogP contribution in [-0.4, -0.2) is 33.0 Å². The Morgan fingerprint density at radius 1 is 1.42 bits per heavy atom. The van der Waals surface area contributed by atoms with Gasteiger partial charge in [-0.05, 0) is 31.6 Å². The predicted octanol–water partition coefficient (Wildman–Crippen LogP) is 1.48. The predicted molar refractivity (Wildman–Crippen MR) is 73.8 cm³/mol. The van der Waals surface area contributed by atoms with Crippen LogP contribution >= 0.6 is 0 Å². The van der Waals surface area contributed by atoms with Crippen molar-refractivity contribution >= 4 is 17.1 Å². The highest BCUT2D eigenvalue weighted by atomic mass is 16.5. The fourth-order valence-electron chi connectivity index (χ4n) is 2.83. The smallest absolute Gasteiger partial charge is 0.202 e. The number of hydrogen-bond acceptors (Lipinski definition) is 4. The molecule has 3 rings (SSSR count). The van der Waals surface area contributed by atoms with Crippen molar-refractivity contribution in [3.63, 3.8) is 0 Å². The standard InChI is InChI=1S/C13H21N5O/c1-9-10-11(17(2)16-9)18(12(14)15-10)8-13(4-5-13)6-7-19-3/h4-8H2,1-3H3,(H2,14,15). The van der Waals surface area contributed by atoms with Crippen molar-refractivity contribution in [3.05, 3.63) is 5.69 Å². The van der Waals surface area contributed by atoms with Crippen LogP contribution in [0.25, 0.3) is 11.2 Å². The molecule has 0 spiro atoms. The number of methoxy groups -OCH3 is 1. The van der Waals surface area contributed by atoms with Gasteiger partial charge in [0.1, 0.15) is 5.52 Å². The molecule has 0 unspecified atom stereocenters. The van der Waals surface area contributed by atoms with E-state index in [2.05, 4.69) is 14.6 Å². The molecule has 1 aliphatic rings. The Morgan fingerprint density at radius 3 is 2.79 bits per heavy atom. The maximum absolute atomic E-state index is 6.08. The van der Waals surface area contributed by atoms with Gasteiger partial charge < -0.3 is 10.5 Å². The molecule has 2 heterocycles. The van der Waals surface area contributed by atoms with Crippen LogP contribution in [0.4, 0.5) is 5.95 Å². The number of fused-ring (bicyclic) bond motifs is 1. The summed E-state index contributed by atoms with van der Waals surface area (Å²) in [6.07, 6.45) is 3.57. The number of hydrogen-bond donors (Lipinski definition) is 1. The summed E-state index contributed by atoms with van der Waals surface area (Å²) in [5, 5.41) is 4.42.